The second-order valence-corrected chi connectivity index (χ2v) is 7.63. The van der Waals surface area contributed by atoms with Gasteiger partial charge in [0, 0.05) is 17.5 Å². The molecule has 0 saturated heterocycles. The fourth-order valence-electron chi connectivity index (χ4n) is 2.74. The van der Waals surface area contributed by atoms with Gasteiger partial charge in [-0.15, -0.1) is 10.2 Å². The molecule has 0 amide bonds. The first-order chi connectivity index (χ1) is 11.7. The molecule has 0 radical (unpaired) electrons. The summed E-state index contributed by atoms with van der Waals surface area (Å²) in [6.07, 6.45) is 4.79. The number of aromatic nitrogens is 3. The predicted octanol–water partition coefficient (Wildman–Crippen LogP) is 4.13. The van der Waals surface area contributed by atoms with Gasteiger partial charge >= 0.3 is 0 Å². The predicted molar refractivity (Wildman–Crippen MR) is 93.3 cm³/mol. The number of methoxy groups -OCH3 is 1. The van der Waals surface area contributed by atoms with Crippen LogP contribution in [0.15, 0.2) is 23.4 Å². The van der Waals surface area contributed by atoms with Crippen LogP contribution in [0, 0.1) is 0 Å². The smallest absolute Gasteiger partial charge is 0.191 e. The molecule has 2 fully saturated rings. The third kappa shape index (κ3) is 3.17. The molecular formula is C17H18ClN3O2S. The molecule has 0 spiro atoms. The highest BCUT2D eigenvalue weighted by Gasteiger charge is 2.36. The molecule has 0 aliphatic heterocycles. The lowest BCUT2D eigenvalue weighted by molar-refractivity contribution is 0.102. The lowest BCUT2D eigenvalue weighted by Crippen LogP contribution is -2.06. The van der Waals surface area contributed by atoms with E-state index in [1.165, 1.54) is 37.4 Å². The van der Waals surface area contributed by atoms with Crippen LogP contribution in [0.2, 0.25) is 5.02 Å². The van der Waals surface area contributed by atoms with Crippen LogP contribution in [0.4, 0.5) is 0 Å². The molecule has 1 aromatic heterocycles. The van der Waals surface area contributed by atoms with Gasteiger partial charge in [-0.05, 0) is 43.9 Å². The van der Waals surface area contributed by atoms with E-state index in [1.807, 2.05) is 0 Å². The minimum absolute atomic E-state index is 0.0304. The number of benzene rings is 1. The van der Waals surface area contributed by atoms with Crippen LogP contribution in [0.25, 0.3) is 0 Å². The third-order valence-corrected chi connectivity index (χ3v) is 5.59. The summed E-state index contributed by atoms with van der Waals surface area (Å²) >= 11 is 7.57. The highest BCUT2D eigenvalue weighted by atomic mass is 35.5. The van der Waals surface area contributed by atoms with Gasteiger partial charge in [-0.25, -0.2) is 0 Å². The van der Waals surface area contributed by atoms with Gasteiger partial charge in [0.1, 0.15) is 11.6 Å². The summed E-state index contributed by atoms with van der Waals surface area (Å²) in [6, 6.07) is 5.65. The highest BCUT2D eigenvalue weighted by Crippen LogP contribution is 2.46. The van der Waals surface area contributed by atoms with E-state index in [0.717, 1.165) is 11.0 Å². The molecule has 1 heterocycles. The fraction of sp³-hybridized carbons (Fsp3) is 0.471. The standard InChI is InChI=1S/C17H18ClN3O2S/c1-23-15-7-4-11(8-13(15)18)14(22)9-24-17-20-19-16(10-2-3-10)21(17)12-5-6-12/h4,7-8,10,12H,2-3,5-6,9H2,1H3. The van der Waals surface area contributed by atoms with E-state index >= 15 is 0 Å². The number of halogens is 1. The molecule has 2 aliphatic carbocycles. The van der Waals surface area contributed by atoms with Gasteiger partial charge in [-0.3, -0.25) is 4.79 Å². The normalized spacial score (nSPS) is 17.1. The van der Waals surface area contributed by atoms with E-state index in [1.54, 1.807) is 25.3 Å². The van der Waals surface area contributed by atoms with Crippen LogP contribution >= 0.6 is 23.4 Å². The van der Waals surface area contributed by atoms with Crippen molar-refractivity contribution in [2.45, 2.75) is 42.8 Å². The molecule has 0 unspecified atom stereocenters. The van der Waals surface area contributed by atoms with Crippen molar-refractivity contribution in [1.82, 2.24) is 14.8 Å². The molecule has 0 bridgehead atoms. The Balaban J connectivity index is 1.47. The first-order valence-corrected chi connectivity index (χ1v) is 9.48. The molecule has 0 atom stereocenters. The maximum atomic E-state index is 12.4. The van der Waals surface area contributed by atoms with Gasteiger partial charge in [0.2, 0.25) is 0 Å². The Labute approximate surface area is 149 Å². The zero-order chi connectivity index (χ0) is 16.7. The molecule has 2 aromatic rings. The van der Waals surface area contributed by atoms with E-state index in [9.17, 15) is 4.79 Å². The summed E-state index contributed by atoms with van der Waals surface area (Å²) in [5.74, 6) is 2.62. The average molecular weight is 364 g/mol. The summed E-state index contributed by atoms with van der Waals surface area (Å²) in [6.45, 7) is 0. The first kappa shape index (κ1) is 16.0. The van der Waals surface area contributed by atoms with Gasteiger partial charge in [0.25, 0.3) is 0 Å². The Kier molecular flexibility index (Phi) is 4.26. The second kappa shape index (κ2) is 6.41. The molecule has 1 aromatic carbocycles. The molecule has 0 N–H and O–H groups in total. The number of nitrogens with zero attached hydrogens (tertiary/aromatic N) is 3. The SMILES string of the molecule is COc1ccc(C(=O)CSc2nnc(C3CC3)n2C2CC2)cc1Cl. The van der Waals surface area contributed by atoms with Crippen molar-refractivity contribution in [3.8, 4) is 5.75 Å². The van der Waals surface area contributed by atoms with Crippen LogP contribution in [0.5, 0.6) is 5.75 Å². The van der Waals surface area contributed by atoms with Crippen molar-refractivity contribution in [2.24, 2.45) is 0 Å². The number of hydrogen-bond acceptors (Lipinski definition) is 5. The maximum Gasteiger partial charge on any atom is 0.191 e. The quantitative estimate of drug-likeness (QED) is 0.547. The summed E-state index contributed by atoms with van der Waals surface area (Å²) in [4.78, 5) is 12.4. The van der Waals surface area contributed by atoms with Crippen molar-refractivity contribution in [1.29, 1.82) is 0 Å². The zero-order valence-electron chi connectivity index (χ0n) is 13.4. The largest absolute Gasteiger partial charge is 0.495 e. The summed E-state index contributed by atoms with van der Waals surface area (Å²) in [5.41, 5.74) is 0.591. The topological polar surface area (TPSA) is 57.0 Å². The minimum atomic E-state index is 0.0304. The van der Waals surface area contributed by atoms with E-state index in [4.69, 9.17) is 16.3 Å². The van der Waals surface area contributed by atoms with Crippen LogP contribution in [0.3, 0.4) is 0 Å². The lowest BCUT2D eigenvalue weighted by Gasteiger charge is -2.08. The molecule has 7 heteroatoms. The van der Waals surface area contributed by atoms with Crippen molar-refractivity contribution < 1.29 is 9.53 Å². The monoisotopic (exact) mass is 363 g/mol. The molecule has 5 nitrogen and oxygen atoms in total. The molecule has 4 rings (SSSR count). The number of carbonyl (C=O) groups is 1. The van der Waals surface area contributed by atoms with E-state index in [-0.39, 0.29) is 5.78 Å². The highest BCUT2D eigenvalue weighted by molar-refractivity contribution is 7.99. The van der Waals surface area contributed by atoms with Crippen molar-refractivity contribution in [3.05, 3.63) is 34.6 Å². The summed E-state index contributed by atoms with van der Waals surface area (Å²) in [7, 11) is 1.56. The molecule has 24 heavy (non-hydrogen) atoms. The number of ketones is 1. The van der Waals surface area contributed by atoms with Crippen LogP contribution in [0.1, 0.15) is 53.8 Å². The summed E-state index contributed by atoms with van der Waals surface area (Å²) < 4.78 is 7.38. The number of ether oxygens (including phenoxy) is 1. The van der Waals surface area contributed by atoms with Crippen molar-refractivity contribution >= 4 is 29.1 Å². The number of thioether (sulfide) groups is 1. The third-order valence-electron chi connectivity index (χ3n) is 4.35. The van der Waals surface area contributed by atoms with E-state index in [2.05, 4.69) is 14.8 Å². The first-order valence-electron chi connectivity index (χ1n) is 8.11. The van der Waals surface area contributed by atoms with Gasteiger partial charge in [0.05, 0.1) is 17.9 Å². The van der Waals surface area contributed by atoms with Gasteiger partial charge in [0.15, 0.2) is 10.9 Å². The number of hydrogen-bond donors (Lipinski definition) is 0. The summed E-state index contributed by atoms with van der Waals surface area (Å²) in [5, 5.41) is 10.0. The molecule has 2 saturated carbocycles. The van der Waals surface area contributed by atoms with Crippen LogP contribution in [-0.2, 0) is 0 Å². The zero-order valence-corrected chi connectivity index (χ0v) is 14.9. The van der Waals surface area contributed by atoms with Crippen LogP contribution < -0.4 is 4.74 Å². The number of Topliss-reactive ketones (excluding diaryl/α,β-unsaturated/α-hetero) is 1. The molecule has 2 aliphatic rings. The minimum Gasteiger partial charge on any atom is -0.495 e. The van der Waals surface area contributed by atoms with Gasteiger partial charge in [-0.1, -0.05) is 23.4 Å². The van der Waals surface area contributed by atoms with E-state index < -0.39 is 0 Å². The maximum absolute atomic E-state index is 12.4. The number of rotatable bonds is 7. The Morgan fingerprint density at radius 1 is 1.33 bits per heavy atom. The van der Waals surface area contributed by atoms with Crippen LogP contribution in [-0.4, -0.2) is 33.4 Å². The van der Waals surface area contributed by atoms with Gasteiger partial charge in [-0.2, -0.15) is 0 Å². The Hall–Kier alpha value is -1.53. The lowest BCUT2D eigenvalue weighted by atomic mass is 10.1. The molecule has 126 valence electrons. The Morgan fingerprint density at radius 3 is 2.75 bits per heavy atom. The Morgan fingerprint density at radius 2 is 2.12 bits per heavy atom. The number of carbonyl (C=O) groups excluding carboxylic acids is 1. The average Bonchev–Trinajstić information content (AvgIpc) is 3.51. The van der Waals surface area contributed by atoms with E-state index in [0.29, 0.717) is 34.0 Å². The fourth-order valence-corrected chi connectivity index (χ4v) is 3.90. The van der Waals surface area contributed by atoms with Gasteiger partial charge < -0.3 is 9.30 Å². The van der Waals surface area contributed by atoms with Crippen molar-refractivity contribution in [3.63, 3.8) is 0 Å². The molecular weight excluding hydrogens is 346 g/mol. The Bertz CT molecular complexity index is 784. The van der Waals surface area contributed by atoms with Crippen molar-refractivity contribution in [2.75, 3.05) is 12.9 Å². The second-order valence-electron chi connectivity index (χ2n) is 6.28.